The molecule has 0 aromatic rings. The van der Waals surface area contributed by atoms with E-state index in [2.05, 4.69) is 102 Å². The van der Waals surface area contributed by atoms with Crippen molar-refractivity contribution in [3.8, 4) is 0 Å². The van der Waals surface area contributed by atoms with Gasteiger partial charge in [0.1, 0.15) is 6.10 Å². The minimum atomic E-state index is -2.18. The molecule has 0 bridgehead atoms. The Bertz CT molecular complexity index is 557. The van der Waals surface area contributed by atoms with E-state index >= 15 is 0 Å². The van der Waals surface area contributed by atoms with Crippen molar-refractivity contribution >= 4 is 25.0 Å². The number of hydrogen-bond donors (Lipinski definition) is 2. The van der Waals surface area contributed by atoms with Gasteiger partial charge in [0, 0.05) is 0 Å². The fourth-order valence-corrected chi connectivity index (χ4v) is 5.93. The standard InChI is InChI=1S/C23H54O5Si3/c1-21(2,3)29(10,11)26-17-19(28-31(14,15)23(7,8)9)20(25)18(16-24)27-30(12,13)22(4,5)6/h18-20,24-25H,16-17H2,1-15H3/t18-,19+,20-/m1/s1. The van der Waals surface area contributed by atoms with Gasteiger partial charge in [-0.15, -0.1) is 0 Å². The fraction of sp³-hybridized carbons (Fsp3) is 1.00. The second-order valence-corrected chi connectivity index (χ2v) is 27.9. The van der Waals surface area contributed by atoms with Gasteiger partial charge in [-0.2, -0.15) is 0 Å². The molecule has 0 aliphatic rings. The van der Waals surface area contributed by atoms with E-state index in [0.717, 1.165) is 0 Å². The quantitative estimate of drug-likeness (QED) is 0.357. The highest BCUT2D eigenvalue weighted by Gasteiger charge is 2.46. The first-order valence-corrected chi connectivity index (χ1v) is 20.4. The molecule has 0 aromatic heterocycles. The lowest BCUT2D eigenvalue weighted by atomic mass is 10.1. The van der Waals surface area contributed by atoms with Crippen molar-refractivity contribution in [1.82, 2.24) is 0 Å². The van der Waals surface area contributed by atoms with E-state index in [-0.39, 0.29) is 21.7 Å². The molecule has 0 rings (SSSR count). The first-order valence-electron chi connectivity index (χ1n) is 11.7. The van der Waals surface area contributed by atoms with Crippen LogP contribution in [0, 0.1) is 0 Å². The molecule has 0 aliphatic carbocycles. The molecule has 0 aromatic carbocycles. The maximum Gasteiger partial charge on any atom is 0.192 e. The van der Waals surface area contributed by atoms with E-state index < -0.39 is 43.3 Å². The van der Waals surface area contributed by atoms with Crippen molar-refractivity contribution in [3.05, 3.63) is 0 Å². The SMILES string of the molecule is CC(C)(C)[Si](C)(C)OC[C@H](O[Si](C)(C)C(C)(C)C)[C@H](O)[C@@H](CO)O[Si](C)(C)C(C)(C)C. The molecule has 0 heterocycles. The van der Waals surface area contributed by atoms with Crippen molar-refractivity contribution in [1.29, 1.82) is 0 Å². The predicted octanol–water partition coefficient (Wildman–Crippen LogP) is 6.14. The maximum atomic E-state index is 11.4. The summed E-state index contributed by atoms with van der Waals surface area (Å²) in [6, 6.07) is 0. The molecule has 8 heteroatoms. The van der Waals surface area contributed by atoms with Crippen LogP contribution in [-0.4, -0.2) is 66.7 Å². The lowest BCUT2D eigenvalue weighted by Crippen LogP contribution is -2.56. The van der Waals surface area contributed by atoms with Gasteiger partial charge in [-0.05, 0) is 54.4 Å². The Kier molecular flexibility index (Phi) is 10.5. The highest BCUT2D eigenvalue weighted by Crippen LogP contribution is 2.41. The van der Waals surface area contributed by atoms with Gasteiger partial charge in [-0.3, -0.25) is 0 Å². The molecule has 0 saturated heterocycles. The van der Waals surface area contributed by atoms with Gasteiger partial charge < -0.3 is 23.5 Å². The lowest BCUT2D eigenvalue weighted by molar-refractivity contribution is -0.0780. The summed E-state index contributed by atoms with van der Waals surface area (Å²) >= 11 is 0. The second-order valence-electron chi connectivity index (χ2n) is 13.6. The highest BCUT2D eigenvalue weighted by molar-refractivity contribution is 6.75. The Balaban J connectivity index is 5.89. The summed E-state index contributed by atoms with van der Waals surface area (Å²) in [5.41, 5.74) is 0. The van der Waals surface area contributed by atoms with Crippen molar-refractivity contribution in [2.24, 2.45) is 0 Å². The molecular formula is C23H54O5Si3. The summed E-state index contributed by atoms with van der Waals surface area (Å²) in [6.07, 6.45) is -2.20. The normalized spacial score (nSPS) is 18.1. The molecule has 0 unspecified atom stereocenters. The van der Waals surface area contributed by atoms with E-state index in [0.29, 0.717) is 6.61 Å². The van der Waals surface area contributed by atoms with Gasteiger partial charge in [-0.25, -0.2) is 0 Å². The van der Waals surface area contributed by atoms with E-state index in [4.69, 9.17) is 13.3 Å². The molecule has 0 amide bonds. The molecule has 2 N–H and O–H groups in total. The Hall–Kier alpha value is 0.451. The zero-order valence-electron chi connectivity index (χ0n) is 23.3. The van der Waals surface area contributed by atoms with Crippen molar-refractivity contribution in [2.45, 2.75) is 135 Å². The maximum absolute atomic E-state index is 11.4. The summed E-state index contributed by atoms with van der Waals surface area (Å²) < 4.78 is 19.6. The molecule has 0 aliphatic heterocycles. The number of aliphatic hydroxyl groups excluding tert-OH is 2. The summed E-state index contributed by atoms with van der Waals surface area (Å²) in [7, 11) is -6.38. The topological polar surface area (TPSA) is 68.2 Å². The van der Waals surface area contributed by atoms with Crippen molar-refractivity contribution in [3.63, 3.8) is 0 Å². The minimum absolute atomic E-state index is 0.00303. The van der Waals surface area contributed by atoms with Gasteiger partial charge in [0.05, 0.1) is 25.4 Å². The number of aliphatic hydroxyl groups is 2. The Morgan fingerprint density at radius 1 is 0.613 bits per heavy atom. The monoisotopic (exact) mass is 494 g/mol. The molecule has 3 atom stereocenters. The summed E-state index contributed by atoms with van der Waals surface area (Å²) in [6.45, 7) is 32.8. The average Bonchev–Trinajstić information content (AvgIpc) is 2.52. The van der Waals surface area contributed by atoms with Gasteiger partial charge in [0.25, 0.3) is 0 Å². The largest absolute Gasteiger partial charge is 0.414 e. The minimum Gasteiger partial charge on any atom is -0.414 e. The Labute approximate surface area is 196 Å². The summed E-state index contributed by atoms with van der Waals surface area (Å²) in [4.78, 5) is 0. The summed E-state index contributed by atoms with van der Waals surface area (Å²) in [5, 5.41) is 21.6. The van der Waals surface area contributed by atoms with Crippen LogP contribution >= 0.6 is 0 Å². The van der Waals surface area contributed by atoms with Crippen LogP contribution in [-0.2, 0) is 13.3 Å². The van der Waals surface area contributed by atoms with Gasteiger partial charge in [0.15, 0.2) is 25.0 Å². The first kappa shape index (κ1) is 31.5. The van der Waals surface area contributed by atoms with Gasteiger partial charge in [-0.1, -0.05) is 62.3 Å². The molecule has 0 radical (unpaired) electrons. The van der Waals surface area contributed by atoms with Crippen LogP contribution < -0.4 is 0 Å². The van der Waals surface area contributed by atoms with E-state index in [1.165, 1.54) is 0 Å². The molecule has 188 valence electrons. The predicted molar refractivity (Wildman–Crippen MR) is 140 cm³/mol. The van der Waals surface area contributed by atoms with E-state index in [9.17, 15) is 10.2 Å². The number of rotatable bonds is 10. The van der Waals surface area contributed by atoms with Gasteiger partial charge in [0.2, 0.25) is 0 Å². The first-order chi connectivity index (χ1) is 13.4. The Morgan fingerprint density at radius 3 is 1.23 bits per heavy atom. The average molecular weight is 495 g/mol. The van der Waals surface area contributed by atoms with Crippen LogP contribution in [0.4, 0.5) is 0 Å². The molecule has 5 nitrogen and oxygen atoms in total. The molecular weight excluding hydrogens is 441 g/mol. The number of hydrogen-bond acceptors (Lipinski definition) is 5. The summed E-state index contributed by atoms with van der Waals surface area (Å²) in [5.74, 6) is 0. The van der Waals surface area contributed by atoms with Crippen molar-refractivity contribution in [2.75, 3.05) is 13.2 Å². The van der Waals surface area contributed by atoms with Crippen LogP contribution in [0.3, 0.4) is 0 Å². The van der Waals surface area contributed by atoms with Crippen LogP contribution in [0.25, 0.3) is 0 Å². The third kappa shape index (κ3) is 8.63. The van der Waals surface area contributed by atoms with E-state index in [1.807, 2.05) is 0 Å². The Morgan fingerprint density at radius 2 is 0.935 bits per heavy atom. The van der Waals surface area contributed by atoms with Crippen molar-refractivity contribution < 1.29 is 23.5 Å². The van der Waals surface area contributed by atoms with Crippen LogP contribution in [0.5, 0.6) is 0 Å². The molecule has 0 saturated carbocycles. The zero-order chi connectivity index (χ0) is 25.3. The molecule has 0 fully saturated rings. The zero-order valence-corrected chi connectivity index (χ0v) is 26.3. The smallest absolute Gasteiger partial charge is 0.192 e. The molecule has 31 heavy (non-hydrogen) atoms. The molecule has 0 spiro atoms. The van der Waals surface area contributed by atoms with E-state index in [1.54, 1.807) is 0 Å². The fourth-order valence-electron chi connectivity index (χ4n) is 2.27. The third-order valence-corrected chi connectivity index (χ3v) is 21.4. The van der Waals surface area contributed by atoms with Gasteiger partial charge >= 0.3 is 0 Å². The van der Waals surface area contributed by atoms with Crippen LogP contribution in [0.15, 0.2) is 0 Å². The van der Waals surface area contributed by atoms with Crippen LogP contribution in [0.1, 0.15) is 62.3 Å². The lowest BCUT2D eigenvalue weighted by Gasteiger charge is -2.45. The highest BCUT2D eigenvalue weighted by atomic mass is 28.4. The van der Waals surface area contributed by atoms with Crippen LogP contribution in [0.2, 0.25) is 54.4 Å². The third-order valence-electron chi connectivity index (χ3n) is 7.86. The second kappa shape index (κ2) is 10.4.